The second-order valence-electron chi connectivity index (χ2n) is 3.62. The number of aromatic amines is 1. The van der Waals surface area contributed by atoms with Gasteiger partial charge in [0.1, 0.15) is 0 Å². The summed E-state index contributed by atoms with van der Waals surface area (Å²) >= 11 is 0. The molecule has 0 aliphatic heterocycles. The van der Waals surface area contributed by atoms with E-state index in [-0.39, 0.29) is 17.4 Å². The van der Waals surface area contributed by atoms with E-state index in [2.05, 4.69) is 10.3 Å². The number of nitrogens with one attached hydrogen (secondary N) is 2. The maximum Gasteiger partial charge on any atom is 0.251 e. The number of aldehydes is 1. The van der Waals surface area contributed by atoms with Gasteiger partial charge in [0.05, 0.1) is 5.56 Å². The van der Waals surface area contributed by atoms with Crippen molar-refractivity contribution >= 4 is 23.1 Å². The topological polar surface area (TPSA) is 82.2 Å². The molecule has 0 saturated carbocycles. The van der Waals surface area contributed by atoms with Crippen molar-refractivity contribution in [3.05, 3.63) is 29.3 Å². The Balaban J connectivity index is 2.52. The van der Waals surface area contributed by atoms with Gasteiger partial charge in [-0.3, -0.25) is 9.59 Å². The SMILES string of the molecule is CCNC(=O)c1ccc2c(C=O)c(O)[nH]c2c1. The third-order valence-electron chi connectivity index (χ3n) is 2.54. The van der Waals surface area contributed by atoms with Crippen molar-refractivity contribution in [3.8, 4) is 5.88 Å². The van der Waals surface area contributed by atoms with E-state index < -0.39 is 0 Å². The van der Waals surface area contributed by atoms with Crippen LogP contribution in [0.4, 0.5) is 0 Å². The molecule has 17 heavy (non-hydrogen) atoms. The van der Waals surface area contributed by atoms with Gasteiger partial charge in [0, 0.05) is 23.0 Å². The van der Waals surface area contributed by atoms with Crippen molar-refractivity contribution in [2.24, 2.45) is 0 Å². The highest BCUT2D eigenvalue weighted by atomic mass is 16.3. The number of benzene rings is 1. The number of carbonyl (C=O) groups excluding carboxylic acids is 2. The third kappa shape index (κ3) is 1.87. The molecule has 0 unspecified atom stereocenters. The summed E-state index contributed by atoms with van der Waals surface area (Å²) in [6.07, 6.45) is 0.583. The van der Waals surface area contributed by atoms with Crippen LogP contribution in [0, 0.1) is 0 Å². The van der Waals surface area contributed by atoms with E-state index in [1.165, 1.54) is 0 Å². The molecule has 0 saturated heterocycles. The molecular formula is C12H12N2O3. The monoisotopic (exact) mass is 232 g/mol. The Hall–Kier alpha value is -2.30. The molecule has 5 nitrogen and oxygen atoms in total. The van der Waals surface area contributed by atoms with E-state index in [4.69, 9.17) is 0 Å². The highest BCUT2D eigenvalue weighted by Gasteiger charge is 2.12. The lowest BCUT2D eigenvalue weighted by Crippen LogP contribution is -2.22. The van der Waals surface area contributed by atoms with Crippen LogP contribution in [0.1, 0.15) is 27.6 Å². The van der Waals surface area contributed by atoms with E-state index in [9.17, 15) is 14.7 Å². The number of hydrogen-bond acceptors (Lipinski definition) is 3. The molecule has 2 rings (SSSR count). The first-order valence-electron chi connectivity index (χ1n) is 5.25. The molecule has 5 heteroatoms. The first-order valence-corrected chi connectivity index (χ1v) is 5.25. The van der Waals surface area contributed by atoms with Crippen LogP contribution in [0.5, 0.6) is 5.88 Å². The van der Waals surface area contributed by atoms with Crippen LogP contribution in [0.2, 0.25) is 0 Å². The minimum absolute atomic E-state index is 0.178. The lowest BCUT2D eigenvalue weighted by atomic mass is 10.1. The van der Waals surface area contributed by atoms with E-state index in [0.717, 1.165) is 0 Å². The summed E-state index contributed by atoms with van der Waals surface area (Å²) < 4.78 is 0. The zero-order valence-corrected chi connectivity index (χ0v) is 9.28. The molecule has 0 atom stereocenters. The summed E-state index contributed by atoms with van der Waals surface area (Å²) in [6, 6.07) is 4.86. The second-order valence-corrected chi connectivity index (χ2v) is 3.62. The molecule has 1 heterocycles. The molecule has 1 aromatic carbocycles. The Labute approximate surface area is 97.4 Å². The molecule has 1 amide bonds. The number of fused-ring (bicyclic) bond motifs is 1. The maximum absolute atomic E-state index is 11.6. The van der Waals surface area contributed by atoms with Gasteiger partial charge >= 0.3 is 0 Å². The molecule has 0 fully saturated rings. The Bertz CT molecular complexity index is 587. The van der Waals surface area contributed by atoms with Crippen molar-refractivity contribution < 1.29 is 14.7 Å². The fraction of sp³-hybridized carbons (Fsp3) is 0.167. The van der Waals surface area contributed by atoms with E-state index in [1.807, 2.05) is 6.92 Å². The van der Waals surface area contributed by atoms with Gasteiger partial charge in [0.2, 0.25) is 0 Å². The van der Waals surface area contributed by atoms with Gasteiger partial charge < -0.3 is 15.4 Å². The van der Waals surface area contributed by atoms with Gasteiger partial charge in [-0.1, -0.05) is 6.07 Å². The predicted molar refractivity (Wildman–Crippen MR) is 63.4 cm³/mol. The molecule has 3 N–H and O–H groups in total. The van der Waals surface area contributed by atoms with Crippen LogP contribution in [0.15, 0.2) is 18.2 Å². The standard InChI is InChI=1S/C12H12N2O3/c1-2-13-11(16)7-3-4-8-9(6-15)12(17)14-10(8)5-7/h3-6,14,17H,2H2,1H3,(H,13,16). The van der Waals surface area contributed by atoms with Gasteiger partial charge in [-0.2, -0.15) is 0 Å². The molecule has 2 aromatic rings. The number of hydrogen-bond donors (Lipinski definition) is 3. The first-order chi connectivity index (χ1) is 8.17. The van der Waals surface area contributed by atoms with Crippen LogP contribution in [0.3, 0.4) is 0 Å². The molecule has 0 radical (unpaired) electrons. The van der Waals surface area contributed by atoms with E-state index >= 15 is 0 Å². The first kappa shape index (κ1) is 11.2. The average molecular weight is 232 g/mol. The summed E-state index contributed by atoms with van der Waals surface area (Å²) in [7, 11) is 0. The molecule has 0 bridgehead atoms. The number of aromatic nitrogens is 1. The van der Waals surface area contributed by atoms with Crippen LogP contribution >= 0.6 is 0 Å². The van der Waals surface area contributed by atoms with E-state index in [1.54, 1.807) is 18.2 Å². The Kier molecular flexibility index (Phi) is 2.82. The summed E-state index contributed by atoms with van der Waals surface area (Å²) in [5.41, 5.74) is 1.26. The van der Waals surface area contributed by atoms with Crippen molar-refractivity contribution in [3.63, 3.8) is 0 Å². The molecule has 0 aliphatic rings. The summed E-state index contributed by atoms with van der Waals surface area (Å²) in [6.45, 7) is 2.38. The van der Waals surface area contributed by atoms with Crippen molar-refractivity contribution in [1.82, 2.24) is 10.3 Å². The Morgan fingerprint density at radius 2 is 2.29 bits per heavy atom. The molecule has 1 aromatic heterocycles. The fourth-order valence-electron chi connectivity index (χ4n) is 1.73. The summed E-state index contributed by atoms with van der Waals surface area (Å²) in [5.74, 6) is -0.362. The minimum Gasteiger partial charge on any atom is -0.494 e. The lowest BCUT2D eigenvalue weighted by Gasteiger charge is -2.01. The highest BCUT2D eigenvalue weighted by Crippen LogP contribution is 2.26. The average Bonchev–Trinajstić information content (AvgIpc) is 2.63. The minimum atomic E-state index is -0.184. The van der Waals surface area contributed by atoms with Crippen molar-refractivity contribution in [1.29, 1.82) is 0 Å². The van der Waals surface area contributed by atoms with Crippen LogP contribution < -0.4 is 5.32 Å². The van der Waals surface area contributed by atoms with Gasteiger partial charge in [0.15, 0.2) is 12.2 Å². The zero-order valence-electron chi connectivity index (χ0n) is 9.28. The van der Waals surface area contributed by atoms with Gasteiger partial charge in [-0.15, -0.1) is 0 Å². The predicted octanol–water partition coefficient (Wildman–Crippen LogP) is 1.44. The van der Waals surface area contributed by atoms with Crippen molar-refractivity contribution in [2.75, 3.05) is 6.54 Å². The lowest BCUT2D eigenvalue weighted by molar-refractivity contribution is 0.0955. The number of H-pyrrole nitrogens is 1. The van der Waals surface area contributed by atoms with Crippen LogP contribution in [-0.2, 0) is 0 Å². The zero-order chi connectivity index (χ0) is 12.4. The maximum atomic E-state index is 11.6. The molecule has 0 spiro atoms. The molecule has 88 valence electrons. The Morgan fingerprint density at radius 1 is 1.53 bits per heavy atom. The van der Waals surface area contributed by atoms with E-state index in [0.29, 0.717) is 29.3 Å². The quantitative estimate of drug-likeness (QED) is 0.700. The van der Waals surface area contributed by atoms with Crippen LogP contribution in [0.25, 0.3) is 10.9 Å². The number of rotatable bonds is 3. The largest absolute Gasteiger partial charge is 0.494 e. The smallest absolute Gasteiger partial charge is 0.251 e. The Morgan fingerprint density at radius 3 is 2.94 bits per heavy atom. The van der Waals surface area contributed by atoms with Gasteiger partial charge in [0.25, 0.3) is 5.91 Å². The summed E-state index contributed by atoms with van der Waals surface area (Å²) in [4.78, 5) is 25.0. The van der Waals surface area contributed by atoms with Gasteiger partial charge in [-0.25, -0.2) is 0 Å². The van der Waals surface area contributed by atoms with Crippen molar-refractivity contribution in [2.45, 2.75) is 6.92 Å². The number of amides is 1. The highest BCUT2D eigenvalue weighted by molar-refractivity contribution is 6.04. The second kappa shape index (κ2) is 4.29. The molecular weight excluding hydrogens is 220 g/mol. The van der Waals surface area contributed by atoms with Gasteiger partial charge in [-0.05, 0) is 19.1 Å². The normalized spacial score (nSPS) is 10.4. The van der Waals surface area contributed by atoms with Crippen LogP contribution in [-0.4, -0.2) is 28.8 Å². The third-order valence-corrected chi connectivity index (χ3v) is 2.54. The number of aromatic hydroxyl groups is 1. The molecule has 0 aliphatic carbocycles. The summed E-state index contributed by atoms with van der Waals surface area (Å²) in [5, 5.41) is 12.8. The number of carbonyl (C=O) groups is 2. The fourth-order valence-corrected chi connectivity index (χ4v) is 1.73.